The van der Waals surface area contributed by atoms with Crippen molar-refractivity contribution in [2.24, 2.45) is 5.16 Å². The maximum Gasteiger partial charge on any atom is 0.446 e. The van der Waals surface area contributed by atoms with Gasteiger partial charge in [-0.25, -0.2) is 9.10 Å². The molecule has 5 nitrogen and oxygen atoms in total. The number of aryl methyl sites for hydroxylation is 1. The highest BCUT2D eigenvalue weighted by molar-refractivity contribution is 8.75. The standard InChI is InChI=1S/C13H16N2O3S3/c1-9-4-6-11(7-5-9)20-21-15(3)13(16)18-14-12-10(2)17-8-19-12/h4-7,10H,8H2,1-3H3. The lowest BCUT2D eigenvalue weighted by Gasteiger charge is -2.12. The molecule has 0 saturated carbocycles. The van der Waals surface area contributed by atoms with Gasteiger partial charge in [0.2, 0.25) is 0 Å². The Morgan fingerprint density at radius 2 is 2.19 bits per heavy atom. The Morgan fingerprint density at radius 1 is 1.48 bits per heavy atom. The van der Waals surface area contributed by atoms with E-state index in [1.54, 1.807) is 7.05 Å². The number of thioether (sulfide) groups is 1. The summed E-state index contributed by atoms with van der Waals surface area (Å²) in [5.74, 6) is 0.547. The minimum Gasteiger partial charge on any atom is -0.361 e. The van der Waals surface area contributed by atoms with Gasteiger partial charge in [0, 0.05) is 22.9 Å². The zero-order valence-electron chi connectivity index (χ0n) is 11.9. The highest BCUT2D eigenvalue weighted by Crippen LogP contribution is 2.33. The first kappa shape index (κ1) is 16.5. The average Bonchev–Trinajstić information content (AvgIpc) is 2.89. The van der Waals surface area contributed by atoms with Crippen molar-refractivity contribution in [1.82, 2.24) is 4.31 Å². The molecule has 2 rings (SSSR count). The van der Waals surface area contributed by atoms with Crippen LogP contribution in [0.15, 0.2) is 34.3 Å². The molecule has 0 aliphatic carbocycles. The van der Waals surface area contributed by atoms with E-state index in [-0.39, 0.29) is 6.10 Å². The van der Waals surface area contributed by atoms with E-state index < -0.39 is 6.09 Å². The van der Waals surface area contributed by atoms with E-state index in [4.69, 9.17) is 9.57 Å². The molecule has 0 bridgehead atoms. The van der Waals surface area contributed by atoms with E-state index in [9.17, 15) is 4.79 Å². The first-order valence-corrected chi connectivity index (χ1v) is 9.34. The quantitative estimate of drug-likeness (QED) is 0.354. The van der Waals surface area contributed by atoms with Crippen LogP contribution in [0.3, 0.4) is 0 Å². The Hall–Kier alpha value is -0.830. The predicted octanol–water partition coefficient (Wildman–Crippen LogP) is 4.14. The van der Waals surface area contributed by atoms with Crippen molar-refractivity contribution < 1.29 is 14.4 Å². The van der Waals surface area contributed by atoms with Crippen molar-refractivity contribution in [3.05, 3.63) is 29.8 Å². The Bertz CT molecular complexity index is 522. The van der Waals surface area contributed by atoms with Gasteiger partial charge in [0.05, 0.1) is 5.94 Å². The summed E-state index contributed by atoms with van der Waals surface area (Å²) in [4.78, 5) is 17.8. The topological polar surface area (TPSA) is 51.1 Å². The second kappa shape index (κ2) is 7.98. The minimum atomic E-state index is -0.508. The molecule has 1 atom stereocenters. The van der Waals surface area contributed by atoms with Crippen LogP contribution in [0.25, 0.3) is 0 Å². The van der Waals surface area contributed by atoms with Crippen LogP contribution in [0.5, 0.6) is 0 Å². The van der Waals surface area contributed by atoms with Gasteiger partial charge in [0.15, 0.2) is 0 Å². The van der Waals surface area contributed by atoms with Crippen LogP contribution in [0.4, 0.5) is 4.79 Å². The first-order chi connectivity index (χ1) is 10.1. The summed E-state index contributed by atoms with van der Waals surface area (Å²) in [6.45, 7) is 3.91. The Kier molecular flexibility index (Phi) is 6.28. The van der Waals surface area contributed by atoms with E-state index >= 15 is 0 Å². The molecule has 1 unspecified atom stereocenters. The highest BCUT2D eigenvalue weighted by atomic mass is 33.1. The predicted molar refractivity (Wildman–Crippen MR) is 89.3 cm³/mol. The van der Waals surface area contributed by atoms with Crippen LogP contribution in [0, 0.1) is 6.92 Å². The molecule has 0 spiro atoms. The van der Waals surface area contributed by atoms with E-state index in [2.05, 4.69) is 5.16 Å². The maximum absolute atomic E-state index is 11.8. The molecule has 1 amide bonds. The summed E-state index contributed by atoms with van der Waals surface area (Å²) in [6.07, 6.45) is -0.616. The van der Waals surface area contributed by atoms with Gasteiger partial charge in [-0.2, -0.15) is 0 Å². The van der Waals surface area contributed by atoms with Crippen LogP contribution in [0.2, 0.25) is 0 Å². The van der Waals surface area contributed by atoms with Gasteiger partial charge < -0.3 is 4.74 Å². The largest absolute Gasteiger partial charge is 0.446 e. The van der Waals surface area contributed by atoms with Gasteiger partial charge in [-0.15, -0.1) is 0 Å². The summed E-state index contributed by atoms with van der Waals surface area (Å²) in [7, 11) is 4.43. The fraction of sp³-hybridized carbons (Fsp3) is 0.385. The second-order valence-corrected chi connectivity index (χ2v) is 7.55. The van der Waals surface area contributed by atoms with Crippen molar-refractivity contribution >= 4 is 44.7 Å². The molecule has 0 N–H and O–H groups in total. The molecule has 21 heavy (non-hydrogen) atoms. The maximum atomic E-state index is 11.8. The molecule has 0 aromatic heterocycles. The number of rotatable bonds is 4. The van der Waals surface area contributed by atoms with E-state index in [0.29, 0.717) is 11.0 Å². The van der Waals surface area contributed by atoms with Crippen molar-refractivity contribution in [3.8, 4) is 0 Å². The highest BCUT2D eigenvalue weighted by Gasteiger charge is 2.21. The molecule has 0 radical (unpaired) electrons. The summed E-state index contributed by atoms with van der Waals surface area (Å²) < 4.78 is 6.69. The minimum absolute atomic E-state index is 0.109. The van der Waals surface area contributed by atoms with Crippen molar-refractivity contribution in [1.29, 1.82) is 0 Å². The molecule has 1 aromatic carbocycles. The lowest BCUT2D eigenvalue weighted by molar-refractivity contribution is 0.132. The first-order valence-electron chi connectivity index (χ1n) is 6.24. The molecule has 1 aromatic rings. The number of oxime groups is 1. The average molecular weight is 344 g/mol. The molecule has 1 fully saturated rings. The number of carbonyl (C=O) groups is 1. The normalized spacial score (nSPS) is 19.8. The van der Waals surface area contributed by atoms with E-state index in [0.717, 1.165) is 4.90 Å². The molecule has 1 saturated heterocycles. The van der Waals surface area contributed by atoms with Crippen molar-refractivity contribution in [3.63, 3.8) is 0 Å². The van der Waals surface area contributed by atoms with Crippen LogP contribution < -0.4 is 0 Å². The smallest absolute Gasteiger partial charge is 0.361 e. The van der Waals surface area contributed by atoms with Crippen LogP contribution >= 0.6 is 33.5 Å². The van der Waals surface area contributed by atoms with Crippen LogP contribution in [-0.2, 0) is 9.57 Å². The number of carbonyl (C=O) groups excluding carboxylic acids is 1. The summed E-state index contributed by atoms with van der Waals surface area (Å²) in [6, 6.07) is 8.10. The molecule has 1 aliphatic rings. The molecule has 114 valence electrons. The zero-order valence-corrected chi connectivity index (χ0v) is 14.4. The molecule has 1 aliphatic heterocycles. The second-order valence-electron chi connectivity index (χ2n) is 4.33. The molecule has 1 heterocycles. The number of benzene rings is 1. The number of amides is 1. The van der Waals surface area contributed by atoms with E-state index in [1.165, 1.54) is 43.4 Å². The third-order valence-electron chi connectivity index (χ3n) is 2.61. The van der Waals surface area contributed by atoms with Gasteiger partial charge in [0.25, 0.3) is 0 Å². The van der Waals surface area contributed by atoms with E-state index in [1.807, 2.05) is 38.1 Å². The van der Waals surface area contributed by atoms with Gasteiger partial charge in [-0.05, 0) is 36.8 Å². The van der Waals surface area contributed by atoms with Gasteiger partial charge in [0.1, 0.15) is 11.1 Å². The fourth-order valence-electron chi connectivity index (χ4n) is 1.35. The SMILES string of the molecule is Cc1ccc(SSN(C)C(=O)ON=C2SCOC2C)cc1. The van der Waals surface area contributed by atoms with Crippen molar-refractivity contribution in [2.45, 2.75) is 24.8 Å². The Balaban J connectivity index is 1.78. The molecular weight excluding hydrogens is 328 g/mol. The van der Waals surface area contributed by atoms with Gasteiger partial charge >= 0.3 is 6.09 Å². The Morgan fingerprint density at radius 3 is 2.81 bits per heavy atom. The number of nitrogens with zero attached hydrogens (tertiary/aromatic N) is 2. The number of ether oxygens (including phenoxy) is 1. The fourth-order valence-corrected chi connectivity index (χ4v) is 3.78. The Labute approximate surface area is 136 Å². The van der Waals surface area contributed by atoms with Gasteiger partial charge in [-0.3, -0.25) is 4.84 Å². The van der Waals surface area contributed by atoms with Crippen LogP contribution in [-0.4, -0.2) is 34.5 Å². The summed E-state index contributed by atoms with van der Waals surface area (Å²) in [5.41, 5.74) is 1.21. The third kappa shape index (κ3) is 5.14. The lowest BCUT2D eigenvalue weighted by atomic mass is 10.2. The molecular formula is C13H16N2O3S3. The molecule has 8 heteroatoms. The lowest BCUT2D eigenvalue weighted by Crippen LogP contribution is -2.19. The zero-order chi connectivity index (χ0) is 15.2. The number of hydrogen-bond donors (Lipinski definition) is 0. The summed E-state index contributed by atoms with van der Waals surface area (Å²) >= 11 is 1.44. The third-order valence-corrected chi connectivity index (χ3v) is 5.95. The number of hydrogen-bond acceptors (Lipinski definition) is 7. The summed E-state index contributed by atoms with van der Waals surface area (Å²) in [5, 5.41) is 4.52. The van der Waals surface area contributed by atoms with Gasteiger partial charge in [-0.1, -0.05) is 34.6 Å². The van der Waals surface area contributed by atoms with Crippen molar-refractivity contribution in [2.75, 3.05) is 13.0 Å². The monoisotopic (exact) mass is 344 g/mol. The van der Waals surface area contributed by atoms with Crippen LogP contribution in [0.1, 0.15) is 12.5 Å².